The summed E-state index contributed by atoms with van der Waals surface area (Å²) in [6.45, 7) is 9.66. The average Bonchev–Trinajstić information content (AvgIpc) is 2.82. The molecule has 0 atom stereocenters. The first kappa shape index (κ1) is 11.6. The SMILES string of the molecule is CC(C)Cn1cc(C2(C(C)(C)N)CC2)cn1. The van der Waals surface area contributed by atoms with Crippen LogP contribution in [0.25, 0.3) is 0 Å². The minimum atomic E-state index is -0.140. The molecule has 0 bridgehead atoms. The van der Waals surface area contributed by atoms with Gasteiger partial charge in [0.15, 0.2) is 0 Å². The summed E-state index contributed by atoms with van der Waals surface area (Å²) in [7, 11) is 0. The molecular weight excluding hydrogens is 198 g/mol. The van der Waals surface area contributed by atoms with Gasteiger partial charge in [0.1, 0.15) is 0 Å². The summed E-state index contributed by atoms with van der Waals surface area (Å²) < 4.78 is 2.05. The summed E-state index contributed by atoms with van der Waals surface area (Å²) in [4.78, 5) is 0. The number of nitrogens with zero attached hydrogens (tertiary/aromatic N) is 2. The number of hydrogen-bond acceptors (Lipinski definition) is 2. The van der Waals surface area contributed by atoms with Gasteiger partial charge >= 0.3 is 0 Å². The van der Waals surface area contributed by atoms with Gasteiger partial charge in [-0.1, -0.05) is 13.8 Å². The molecule has 1 fully saturated rings. The van der Waals surface area contributed by atoms with Crippen LogP contribution in [0, 0.1) is 5.92 Å². The van der Waals surface area contributed by atoms with E-state index in [4.69, 9.17) is 5.73 Å². The summed E-state index contributed by atoms with van der Waals surface area (Å²) >= 11 is 0. The lowest BCUT2D eigenvalue weighted by Gasteiger charge is -2.29. The van der Waals surface area contributed by atoms with E-state index >= 15 is 0 Å². The Kier molecular flexibility index (Phi) is 2.61. The minimum Gasteiger partial charge on any atom is -0.325 e. The molecule has 1 aliphatic carbocycles. The Morgan fingerprint density at radius 3 is 2.56 bits per heavy atom. The summed E-state index contributed by atoms with van der Waals surface area (Å²) in [5.41, 5.74) is 7.64. The Hall–Kier alpha value is -0.830. The lowest BCUT2D eigenvalue weighted by molar-refractivity contribution is 0.390. The van der Waals surface area contributed by atoms with E-state index in [0.29, 0.717) is 5.92 Å². The standard InChI is InChI=1S/C13H23N3/c1-10(2)8-16-9-11(7-15-16)13(5-6-13)12(3,4)14/h7,9-10H,5-6,8,14H2,1-4H3. The summed E-state index contributed by atoms with van der Waals surface area (Å²) in [5.74, 6) is 0.633. The Bertz CT molecular complexity index is 367. The fourth-order valence-corrected chi connectivity index (χ4v) is 2.51. The summed E-state index contributed by atoms with van der Waals surface area (Å²) in [6.07, 6.45) is 6.58. The Labute approximate surface area is 98.0 Å². The van der Waals surface area contributed by atoms with Crippen molar-refractivity contribution in [1.82, 2.24) is 9.78 Å². The zero-order valence-corrected chi connectivity index (χ0v) is 10.8. The minimum absolute atomic E-state index is 0.140. The van der Waals surface area contributed by atoms with Crippen LogP contribution in [0.2, 0.25) is 0 Å². The van der Waals surface area contributed by atoms with Crippen LogP contribution >= 0.6 is 0 Å². The predicted molar refractivity (Wildman–Crippen MR) is 66.2 cm³/mol. The molecule has 0 saturated heterocycles. The molecule has 0 aromatic carbocycles. The highest BCUT2D eigenvalue weighted by molar-refractivity contribution is 5.33. The second kappa shape index (κ2) is 3.59. The molecule has 90 valence electrons. The largest absolute Gasteiger partial charge is 0.325 e. The van der Waals surface area contributed by atoms with Crippen LogP contribution in [0.5, 0.6) is 0 Å². The molecule has 1 saturated carbocycles. The maximum absolute atomic E-state index is 6.28. The quantitative estimate of drug-likeness (QED) is 0.848. The van der Waals surface area contributed by atoms with E-state index < -0.39 is 0 Å². The Balaban J connectivity index is 2.20. The number of rotatable bonds is 4. The van der Waals surface area contributed by atoms with Crippen molar-refractivity contribution in [3.8, 4) is 0 Å². The van der Waals surface area contributed by atoms with Crippen LogP contribution in [-0.2, 0) is 12.0 Å². The fraction of sp³-hybridized carbons (Fsp3) is 0.769. The van der Waals surface area contributed by atoms with E-state index in [9.17, 15) is 0 Å². The molecule has 0 radical (unpaired) electrons. The molecule has 2 N–H and O–H groups in total. The molecule has 1 aromatic heterocycles. The van der Waals surface area contributed by atoms with Crippen molar-refractivity contribution in [1.29, 1.82) is 0 Å². The molecule has 1 heterocycles. The van der Waals surface area contributed by atoms with Crippen molar-refractivity contribution in [2.75, 3.05) is 0 Å². The molecule has 1 aromatic rings. The zero-order chi connectivity index (χ0) is 12.0. The third-order valence-corrected chi connectivity index (χ3v) is 3.72. The van der Waals surface area contributed by atoms with Gasteiger partial charge in [-0.25, -0.2) is 0 Å². The lowest BCUT2D eigenvalue weighted by Crippen LogP contribution is -2.45. The number of nitrogens with two attached hydrogens (primary N) is 1. The summed E-state index contributed by atoms with van der Waals surface area (Å²) in [5, 5.41) is 4.44. The van der Waals surface area contributed by atoms with Crippen LogP contribution in [0.15, 0.2) is 12.4 Å². The van der Waals surface area contributed by atoms with Crippen molar-refractivity contribution in [3.63, 3.8) is 0 Å². The molecule has 1 aliphatic rings. The van der Waals surface area contributed by atoms with Crippen molar-refractivity contribution in [2.45, 2.75) is 58.0 Å². The van der Waals surface area contributed by atoms with Gasteiger partial charge in [0.05, 0.1) is 6.20 Å². The van der Waals surface area contributed by atoms with E-state index in [1.165, 1.54) is 18.4 Å². The normalized spacial score (nSPS) is 19.1. The first-order chi connectivity index (χ1) is 7.35. The molecule has 3 nitrogen and oxygen atoms in total. The van der Waals surface area contributed by atoms with Crippen molar-refractivity contribution < 1.29 is 0 Å². The van der Waals surface area contributed by atoms with Crippen LogP contribution in [0.4, 0.5) is 0 Å². The van der Waals surface area contributed by atoms with E-state index in [0.717, 1.165) is 6.54 Å². The third-order valence-electron chi connectivity index (χ3n) is 3.72. The van der Waals surface area contributed by atoms with Gasteiger partial charge in [0, 0.05) is 23.7 Å². The van der Waals surface area contributed by atoms with Crippen LogP contribution in [0.1, 0.15) is 46.1 Å². The van der Waals surface area contributed by atoms with E-state index in [1.807, 2.05) is 10.9 Å². The highest BCUT2D eigenvalue weighted by atomic mass is 15.3. The van der Waals surface area contributed by atoms with Crippen LogP contribution in [0.3, 0.4) is 0 Å². The maximum atomic E-state index is 6.28. The van der Waals surface area contributed by atoms with Crippen molar-refractivity contribution >= 4 is 0 Å². The predicted octanol–water partition coefficient (Wildman–Crippen LogP) is 2.31. The first-order valence-electron chi connectivity index (χ1n) is 6.17. The molecular formula is C13H23N3. The van der Waals surface area contributed by atoms with Gasteiger partial charge < -0.3 is 5.73 Å². The zero-order valence-electron chi connectivity index (χ0n) is 10.8. The summed E-state index contributed by atoms with van der Waals surface area (Å²) in [6, 6.07) is 0. The van der Waals surface area contributed by atoms with Crippen LogP contribution in [-0.4, -0.2) is 15.3 Å². The second-order valence-corrected chi connectivity index (χ2v) is 6.15. The van der Waals surface area contributed by atoms with Crippen LogP contribution < -0.4 is 5.73 Å². The van der Waals surface area contributed by atoms with Crippen molar-refractivity contribution in [2.24, 2.45) is 11.7 Å². The van der Waals surface area contributed by atoms with E-state index in [1.54, 1.807) is 0 Å². The topological polar surface area (TPSA) is 43.8 Å². The highest BCUT2D eigenvalue weighted by Crippen LogP contribution is 2.54. The van der Waals surface area contributed by atoms with Crippen molar-refractivity contribution in [3.05, 3.63) is 18.0 Å². The maximum Gasteiger partial charge on any atom is 0.0528 e. The van der Waals surface area contributed by atoms with Gasteiger partial charge in [0.2, 0.25) is 0 Å². The monoisotopic (exact) mass is 221 g/mol. The third kappa shape index (κ3) is 1.88. The van der Waals surface area contributed by atoms with Gasteiger partial charge in [-0.05, 0) is 38.2 Å². The first-order valence-corrected chi connectivity index (χ1v) is 6.17. The smallest absolute Gasteiger partial charge is 0.0528 e. The Morgan fingerprint density at radius 2 is 2.12 bits per heavy atom. The Morgan fingerprint density at radius 1 is 1.50 bits per heavy atom. The van der Waals surface area contributed by atoms with Gasteiger partial charge in [0.25, 0.3) is 0 Å². The number of aromatic nitrogens is 2. The second-order valence-electron chi connectivity index (χ2n) is 6.15. The molecule has 2 rings (SSSR count). The van der Waals surface area contributed by atoms with Gasteiger partial charge in [-0.2, -0.15) is 5.10 Å². The van der Waals surface area contributed by atoms with E-state index in [-0.39, 0.29) is 11.0 Å². The molecule has 16 heavy (non-hydrogen) atoms. The van der Waals surface area contributed by atoms with Gasteiger partial charge in [-0.3, -0.25) is 4.68 Å². The average molecular weight is 221 g/mol. The van der Waals surface area contributed by atoms with Gasteiger partial charge in [-0.15, -0.1) is 0 Å². The lowest BCUT2D eigenvalue weighted by atomic mass is 9.81. The molecule has 3 heteroatoms. The molecule has 0 aliphatic heterocycles. The molecule has 0 unspecified atom stereocenters. The number of hydrogen-bond donors (Lipinski definition) is 1. The van der Waals surface area contributed by atoms with E-state index in [2.05, 4.69) is 39.0 Å². The fourth-order valence-electron chi connectivity index (χ4n) is 2.51. The highest BCUT2D eigenvalue weighted by Gasteiger charge is 2.54. The molecule has 0 amide bonds. The molecule has 0 spiro atoms.